The second kappa shape index (κ2) is 5.78. The molecular weight excluding hydrogens is 300 g/mol. The number of hydrogen-bond donors (Lipinski definition) is 0. The molecule has 0 atom stereocenters. The van der Waals surface area contributed by atoms with Gasteiger partial charge in [0.2, 0.25) is 10.0 Å². The summed E-state index contributed by atoms with van der Waals surface area (Å²) in [6.07, 6.45) is 0.299. The summed E-state index contributed by atoms with van der Waals surface area (Å²) >= 11 is 0. The van der Waals surface area contributed by atoms with Gasteiger partial charge in [-0.15, -0.1) is 0 Å². The molecule has 1 aromatic rings. The van der Waals surface area contributed by atoms with Crippen LogP contribution >= 0.6 is 0 Å². The molecule has 0 unspecified atom stereocenters. The molecule has 9 heteroatoms. The van der Waals surface area contributed by atoms with E-state index in [4.69, 9.17) is 4.74 Å². The molecule has 1 fully saturated rings. The minimum absolute atomic E-state index is 0.00690. The van der Waals surface area contributed by atoms with Crippen molar-refractivity contribution in [1.82, 2.24) is 4.31 Å². The van der Waals surface area contributed by atoms with E-state index >= 15 is 0 Å². The number of nitro groups is 1. The molecule has 114 valence electrons. The van der Waals surface area contributed by atoms with Crippen molar-refractivity contribution < 1.29 is 22.9 Å². The standard InChI is InChI=1S/C12H14N2O6S/c1-20-11-3-2-9(14(16)17)8-12(11)21(18,19)13-6-4-10(15)5-7-13/h2-3,8H,4-7H2,1H3. The fourth-order valence-corrected chi connectivity index (χ4v) is 3.71. The van der Waals surface area contributed by atoms with Crippen LogP contribution in [0.15, 0.2) is 23.1 Å². The molecule has 0 bridgehead atoms. The molecular formula is C12H14N2O6S. The number of nitrogens with zero attached hydrogens (tertiary/aromatic N) is 2. The number of rotatable bonds is 4. The molecule has 1 saturated heterocycles. The van der Waals surface area contributed by atoms with Crippen molar-refractivity contribution >= 4 is 21.5 Å². The van der Waals surface area contributed by atoms with E-state index in [2.05, 4.69) is 0 Å². The molecule has 1 aliphatic rings. The Hall–Kier alpha value is -2.00. The highest BCUT2D eigenvalue weighted by Gasteiger charge is 2.32. The highest BCUT2D eigenvalue weighted by molar-refractivity contribution is 7.89. The minimum atomic E-state index is -3.93. The van der Waals surface area contributed by atoms with Gasteiger partial charge in [0.25, 0.3) is 5.69 Å². The quantitative estimate of drug-likeness (QED) is 0.605. The summed E-state index contributed by atoms with van der Waals surface area (Å²) in [6.45, 7) is 0.153. The maximum Gasteiger partial charge on any atom is 0.271 e. The smallest absolute Gasteiger partial charge is 0.271 e. The monoisotopic (exact) mass is 314 g/mol. The Kier molecular flexibility index (Phi) is 4.24. The first-order valence-electron chi connectivity index (χ1n) is 6.20. The first-order valence-corrected chi connectivity index (χ1v) is 7.64. The SMILES string of the molecule is COc1ccc([N+](=O)[O-])cc1S(=O)(=O)N1CCC(=O)CC1. The molecule has 21 heavy (non-hydrogen) atoms. The third kappa shape index (κ3) is 3.03. The van der Waals surface area contributed by atoms with Crippen molar-refractivity contribution in [1.29, 1.82) is 0 Å². The Morgan fingerprint density at radius 1 is 1.29 bits per heavy atom. The number of benzene rings is 1. The van der Waals surface area contributed by atoms with Crippen LogP contribution in [0.1, 0.15) is 12.8 Å². The summed E-state index contributed by atoms with van der Waals surface area (Å²) in [4.78, 5) is 21.1. The van der Waals surface area contributed by atoms with Crippen LogP contribution in [-0.4, -0.2) is 43.6 Å². The average Bonchev–Trinajstić information content (AvgIpc) is 2.46. The molecule has 0 aliphatic carbocycles. The molecule has 1 aliphatic heterocycles. The molecule has 2 rings (SSSR count). The molecule has 0 saturated carbocycles. The van der Waals surface area contributed by atoms with Crippen LogP contribution in [0.4, 0.5) is 5.69 Å². The van der Waals surface area contributed by atoms with Gasteiger partial charge in [-0.2, -0.15) is 4.31 Å². The van der Waals surface area contributed by atoms with E-state index in [1.54, 1.807) is 0 Å². The Labute approximate surface area is 121 Å². The fourth-order valence-electron chi connectivity index (χ4n) is 2.10. The number of hydrogen-bond acceptors (Lipinski definition) is 6. The van der Waals surface area contributed by atoms with Gasteiger partial charge in [0.15, 0.2) is 0 Å². The second-order valence-corrected chi connectivity index (χ2v) is 6.44. The minimum Gasteiger partial charge on any atom is -0.495 e. The number of sulfonamides is 1. The van der Waals surface area contributed by atoms with Crippen LogP contribution in [0.3, 0.4) is 0 Å². The number of ketones is 1. The van der Waals surface area contributed by atoms with Gasteiger partial charge in [0.1, 0.15) is 16.4 Å². The Morgan fingerprint density at radius 3 is 2.43 bits per heavy atom. The lowest BCUT2D eigenvalue weighted by Crippen LogP contribution is -2.38. The van der Waals surface area contributed by atoms with E-state index in [0.717, 1.165) is 10.4 Å². The lowest BCUT2D eigenvalue weighted by molar-refractivity contribution is -0.385. The second-order valence-electron chi connectivity index (χ2n) is 4.54. The summed E-state index contributed by atoms with van der Waals surface area (Å²) in [5.74, 6) is 0.0463. The lowest BCUT2D eigenvalue weighted by Gasteiger charge is -2.25. The van der Waals surface area contributed by atoms with Crippen LogP contribution in [0.2, 0.25) is 0 Å². The summed E-state index contributed by atoms with van der Waals surface area (Å²) in [7, 11) is -2.64. The molecule has 0 radical (unpaired) electrons. The first-order chi connectivity index (χ1) is 9.86. The van der Waals surface area contributed by atoms with E-state index in [1.807, 2.05) is 0 Å². The van der Waals surface area contributed by atoms with Gasteiger partial charge in [-0.05, 0) is 6.07 Å². The zero-order valence-electron chi connectivity index (χ0n) is 11.3. The van der Waals surface area contributed by atoms with Gasteiger partial charge in [-0.25, -0.2) is 8.42 Å². The third-order valence-corrected chi connectivity index (χ3v) is 5.18. The number of piperidine rings is 1. The van der Waals surface area contributed by atoms with E-state index < -0.39 is 14.9 Å². The van der Waals surface area contributed by atoms with Crippen LogP contribution in [0, 0.1) is 10.1 Å². The zero-order chi connectivity index (χ0) is 15.6. The maximum absolute atomic E-state index is 12.6. The van der Waals surface area contributed by atoms with Gasteiger partial charge in [0.05, 0.1) is 12.0 Å². The highest BCUT2D eigenvalue weighted by Crippen LogP contribution is 2.31. The number of non-ortho nitro benzene ring substituents is 1. The average molecular weight is 314 g/mol. The molecule has 0 amide bonds. The van der Waals surface area contributed by atoms with E-state index in [0.29, 0.717) is 0 Å². The number of carbonyl (C=O) groups excluding carboxylic acids is 1. The van der Waals surface area contributed by atoms with Crippen molar-refractivity contribution in [3.8, 4) is 5.75 Å². The first kappa shape index (κ1) is 15.4. The molecule has 0 N–H and O–H groups in total. The Morgan fingerprint density at radius 2 is 1.90 bits per heavy atom. The summed E-state index contributed by atoms with van der Waals surface area (Å²) < 4.78 is 31.3. The molecule has 1 aromatic carbocycles. The van der Waals surface area contributed by atoms with Crippen molar-refractivity contribution in [3.63, 3.8) is 0 Å². The summed E-state index contributed by atoms with van der Waals surface area (Å²) in [5, 5.41) is 10.8. The van der Waals surface area contributed by atoms with E-state index in [-0.39, 0.29) is 48.0 Å². The molecule has 0 spiro atoms. The predicted molar refractivity (Wildman–Crippen MR) is 72.6 cm³/mol. The fraction of sp³-hybridized carbons (Fsp3) is 0.417. The number of Topliss-reactive ketones (excluding diaryl/α,β-unsaturated/α-hetero) is 1. The number of ether oxygens (including phenoxy) is 1. The Bertz CT molecular complexity index is 675. The third-order valence-electron chi connectivity index (χ3n) is 3.26. The van der Waals surface area contributed by atoms with Gasteiger partial charge < -0.3 is 4.74 Å². The number of carbonyl (C=O) groups is 1. The maximum atomic E-state index is 12.6. The zero-order valence-corrected chi connectivity index (χ0v) is 12.1. The topological polar surface area (TPSA) is 107 Å². The van der Waals surface area contributed by atoms with Crippen LogP contribution in [0.5, 0.6) is 5.75 Å². The summed E-state index contributed by atoms with van der Waals surface area (Å²) in [5.41, 5.74) is -0.331. The van der Waals surface area contributed by atoms with Crippen molar-refractivity contribution in [3.05, 3.63) is 28.3 Å². The lowest BCUT2D eigenvalue weighted by atomic mass is 10.1. The van der Waals surface area contributed by atoms with Gasteiger partial charge in [-0.3, -0.25) is 14.9 Å². The Balaban J connectivity index is 2.45. The number of methoxy groups -OCH3 is 1. The van der Waals surface area contributed by atoms with Crippen molar-refractivity contribution in [2.45, 2.75) is 17.7 Å². The molecule has 1 heterocycles. The van der Waals surface area contributed by atoms with Crippen molar-refractivity contribution in [2.75, 3.05) is 20.2 Å². The van der Waals surface area contributed by atoms with Crippen molar-refractivity contribution in [2.24, 2.45) is 0 Å². The van der Waals surface area contributed by atoms with Crippen LogP contribution in [-0.2, 0) is 14.8 Å². The van der Waals surface area contributed by atoms with E-state index in [1.165, 1.54) is 19.2 Å². The molecule has 8 nitrogen and oxygen atoms in total. The predicted octanol–water partition coefficient (Wildman–Crippen LogP) is 0.957. The van der Waals surface area contributed by atoms with Gasteiger partial charge in [0, 0.05) is 38.1 Å². The summed E-state index contributed by atoms with van der Waals surface area (Å²) in [6, 6.07) is 3.41. The van der Waals surface area contributed by atoms with Crippen LogP contribution in [0.25, 0.3) is 0 Å². The highest BCUT2D eigenvalue weighted by atomic mass is 32.2. The number of nitro benzene ring substituents is 1. The van der Waals surface area contributed by atoms with Gasteiger partial charge >= 0.3 is 0 Å². The van der Waals surface area contributed by atoms with Gasteiger partial charge in [-0.1, -0.05) is 0 Å². The van der Waals surface area contributed by atoms with E-state index in [9.17, 15) is 23.3 Å². The van der Waals surface area contributed by atoms with Crippen LogP contribution < -0.4 is 4.74 Å². The largest absolute Gasteiger partial charge is 0.495 e. The normalized spacial score (nSPS) is 16.7. The molecule has 0 aromatic heterocycles.